The van der Waals surface area contributed by atoms with E-state index in [9.17, 15) is 4.79 Å². The van der Waals surface area contributed by atoms with Crippen LogP contribution in [0.5, 0.6) is 0 Å². The van der Waals surface area contributed by atoms with Crippen molar-refractivity contribution in [1.29, 1.82) is 0 Å². The summed E-state index contributed by atoms with van der Waals surface area (Å²) in [7, 11) is 0. The quantitative estimate of drug-likeness (QED) is 0.874. The molecule has 0 aliphatic carbocycles. The van der Waals surface area contributed by atoms with Crippen LogP contribution >= 0.6 is 0 Å². The van der Waals surface area contributed by atoms with Gasteiger partial charge in [-0.3, -0.25) is 4.90 Å². The van der Waals surface area contributed by atoms with E-state index in [0.717, 1.165) is 17.7 Å². The molecule has 4 heteroatoms. The van der Waals surface area contributed by atoms with E-state index in [0.29, 0.717) is 13.1 Å². The SMILES string of the molecule is Cc1cccc(N(CCCN)C(=O)OC(C)C)c1. The predicted octanol–water partition coefficient (Wildman–Crippen LogP) is 2.70. The van der Waals surface area contributed by atoms with Crippen molar-refractivity contribution in [3.63, 3.8) is 0 Å². The molecule has 0 spiro atoms. The van der Waals surface area contributed by atoms with E-state index in [1.807, 2.05) is 45.0 Å². The van der Waals surface area contributed by atoms with Crippen LogP contribution in [0, 0.1) is 6.92 Å². The van der Waals surface area contributed by atoms with Crippen molar-refractivity contribution < 1.29 is 9.53 Å². The van der Waals surface area contributed by atoms with Crippen LogP contribution in [0.2, 0.25) is 0 Å². The number of nitrogens with zero attached hydrogens (tertiary/aromatic N) is 1. The van der Waals surface area contributed by atoms with Gasteiger partial charge in [0.1, 0.15) is 0 Å². The Morgan fingerprint density at radius 1 is 1.44 bits per heavy atom. The van der Waals surface area contributed by atoms with Crippen molar-refractivity contribution >= 4 is 11.8 Å². The number of nitrogens with two attached hydrogens (primary N) is 1. The van der Waals surface area contributed by atoms with Gasteiger partial charge in [0.15, 0.2) is 0 Å². The van der Waals surface area contributed by atoms with E-state index in [4.69, 9.17) is 10.5 Å². The van der Waals surface area contributed by atoms with E-state index >= 15 is 0 Å². The molecule has 0 radical (unpaired) electrons. The van der Waals surface area contributed by atoms with E-state index in [1.165, 1.54) is 0 Å². The van der Waals surface area contributed by atoms with Gasteiger partial charge in [0.25, 0.3) is 0 Å². The number of benzene rings is 1. The Labute approximate surface area is 109 Å². The van der Waals surface area contributed by atoms with E-state index in [2.05, 4.69) is 0 Å². The first-order valence-corrected chi connectivity index (χ1v) is 6.29. The van der Waals surface area contributed by atoms with Crippen molar-refractivity contribution in [2.24, 2.45) is 5.73 Å². The van der Waals surface area contributed by atoms with Crippen LogP contribution in [0.4, 0.5) is 10.5 Å². The minimum absolute atomic E-state index is 0.123. The lowest BCUT2D eigenvalue weighted by Gasteiger charge is -2.23. The number of rotatable bonds is 5. The third kappa shape index (κ3) is 4.37. The van der Waals surface area contributed by atoms with Crippen molar-refractivity contribution in [2.45, 2.75) is 33.3 Å². The van der Waals surface area contributed by atoms with Gasteiger partial charge in [0, 0.05) is 12.2 Å². The second-order valence-corrected chi connectivity index (χ2v) is 4.57. The Balaban J connectivity index is 2.86. The van der Waals surface area contributed by atoms with Crippen molar-refractivity contribution in [3.8, 4) is 0 Å². The molecule has 0 aromatic heterocycles. The van der Waals surface area contributed by atoms with E-state index < -0.39 is 0 Å². The van der Waals surface area contributed by atoms with Gasteiger partial charge in [-0.1, -0.05) is 12.1 Å². The van der Waals surface area contributed by atoms with Gasteiger partial charge in [0.05, 0.1) is 6.10 Å². The van der Waals surface area contributed by atoms with Crippen LogP contribution in [0.1, 0.15) is 25.8 Å². The maximum atomic E-state index is 12.0. The summed E-state index contributed by atoms with van der Waals surface area (Å²) in [5, 5.41) is 0. The van der Waals surface area contributed by atoms with Gasteiger partial charge in [-0.25, -0.2) is 4.79 Å². The number of carbonyl (C=O) groups excluding carboxylic acids is 1. The molecule has 2 N–H and O–H groups in total. The zero-order valence-electron chi connectivity index (χ0n) is 11.3. The van der Waals surface area contributed by atoms with Crippen molar-refractivity contribution in [3.05, 3.63) is 29.8 Å². The number of aryl methyl sites for hydroxylation is 1. The molecule has 1 aromatic rings. The number of anilines is 1. The molecule has 0 heterocycles. The Bertz CT molecular complexity index is 391. The average Bonchev–Trinajstić information content (AvgIpc) is 2.28. The summed E-state index contributed by atoms with van der Waals surface area (Å²) in [5.41, 5.74) is 7.48. The first-order chi connectivity index (χ1) is 8.54. The lowest BCUT2D eigenvalue weighted by Crippen LogP contribution is -2.35. The number of amides is 1. The molecule has 0 unspecified atom stereocenters. The predicted molar refractivity (Wildman–Crippen MR) is 73.8 cm³/mol. The van der Waals surface area contributed by atoms with Crippen LogP contribution in [-0.4, -0.2) is 25.3 Å². The van der Waals surface area contributed by atoms with E-state index in [-0.39, 0.29) is 12.2 Å². The molecule has 0 aliphatic heterocycles. The average molecular weight is 250 g/mol. The first-order valence-electron chi connectivity index (χ1n) is 6.29. The molecule has 0 saturated heterocycles. The first kappa shape index (κ1) is 14.5. The summed E-state index contributed by atoms with van der Waals surface area (Å²) >= 11 is 0. The lowest BCUT2D eigenvalue weighted by molar-refractivity contribution is 0.122. The number of hydrogen-bond acceptors (Lipinski definition) is 3. The fraction of sp³-hybridized carbons (Fsp3) is 0.500. The molecule has 0 atom stereocenters. The van der Waals surface area contributed by atoms with Gasteiger partial charge in [0.2, 0.25) is 0 Å². The maximum absolute atomic E-state index is 12.0. The summed E-state index contributed by atoms with van der Waals surface area (Å²) < 4.78 is 5.25. The minimum atomic E-state index is -0.316. The van der Waals surface area contributed by atoms with E-state index in [1.54, 1.807) is 4.90 Å². The fourth-order valence-corrected chi connectivity index (χ4v) is 1.64. The van der Waals surface area contributed by atoms with Crippen LogP contribution < -0.4 is 10.6 Å². The maximum Gasteiger partial charge on any atom is 0.414 e. The summed E-state index contributed by atoms with van der Waals surface area (Å²) in [5.74, 6) is 0. The van der Waals surface area contributed by atoms with Gasteiger partial charge in [-0.2, -0.15) is 0 Å². The third-order valence-electron chi connectivity index (χ3n) is 2.46. The zero-order valence-corrected chi connectivity index (χ0v) is 11.3. The summed E-state index contributed by atoms with van der Waals surface area (Å²) in [4.78, 5) is 13.7. The van der Waals surface area contributed by atoms with Crippen molar-refractivity contribution in [2.75, 3.05) is 18.0 Å². The Morgan fingerprint density at radius 2 is 2.17 bits per heavy atom. The van der Waals surface area contributed by atoms with Gasteiger partial charge >= 0.3 is 6.09 Å². The smallest absolute Gasteiger partial charge is 0.414 e. The van der Waals surface area contributed by atoms with Gasteiger partial charge < -0.3 is 10.5 Å². The highest BCUT2D eigenvalue weighted by molar-refractivity contribution is 5.87. The highest BCUT2D eigenvalue weighted by Gasteiger charge is 2.17. The standard InChI is InChI=1S/C14H22N2O2/c1-11(2)18-14(17)16(9-5-8-15)13-7-4-6-12(3)10-13/h4,6-7,10-11H,5,8-9,15H2,1-3H3. The molecule has 0 aliphatic rings. The second kappa shape index (κ2) is 7.01. The Hall–Kier alpha value is -1.55. The second-order valence-electron chi connectivity index (χ2n) is 4.57. The Kier molecular flexibility index (Phi) is 5.65. The lowest BCUT2D eigenvalue weighted by atomic mass is 10.2. The van der Waals surface area contributed by atoms with Crippen LogP contribution in [0.25, 0.3) is 0 Å². The molecule has 1 rings (SSSR count). The molecular weight excluding hydrogens is 228 g/mol. The van der Waals surface area contributed by atoms with Crippen LogP contribution in [0.15, 0.2) is 24.3 Å². The molecule has 1 amide bonds. The number of ether oxygens (including phenoxy) is 1. The summed E-state index contributed by atoms with van der Waals surface area (Å²) in [6.07, 6.45) is 0.313. The molecule has 1 aromatic carbocycles. The minimum Gasteiger partial charge on any atom is -0.446 e. The van der Waals surface area contributed by atoms with Crippen LogP contribution in [-0.2, 0) is 4.74 Å². The molecule has 100 valence electrons. The molecular formula is C14H22N2O2. The van der Waals surface area contributed by atoms with Crippen molar-refractivity contribution in [1.82, 2.24) is 0 Å². The van der Waals surface area contributed by atoms with Crippen LogP contribution in [0.3, 0.4) is 0 Å². The summed E-state index contributed by atoms with van der Waals surface area (Å²) in [6.45, 7) is 6.81. The topological polar surface area (TPSA) is 55.6 Å². The summed E-state index contributed by atoms with van der Waals surface area (Å²) in [6, 6.07) is 7.81. The zero-order chi connectivity index (χ0) is 13.5. The highest BCUT2D eigenvalue weighted by atomic mass is 16.6. The number of hydrogen-bond donors (Lipinski definition) is 1. The number of carbonyl (C=O) groups is 1. The molecule has 0 bridgehead atoms. The highest BCUT2D eigenvalue weighted by Crippen LogP contribution is 2.17. The van der Waals surface area contributed by atoms with Gasteiger partial charge in [-0.05, 0) is 51.4 Å². The Morgan fingerprint density at radius 3 is 2.72 bits per heavy atom. The third-order valence-corrected chi connectivity index (χ3v) is 2.46. The molecule has 0 fully saturated rings. The molecule has 0 saturated carbocycles. The monoisotopic (exact) mass is 250 g/mol. The largest absolute Gasteiger partial charge is 0.446 e. The fourth-order valence-electron chi connectivity index (χ4n) is 1.64. The van der Waals surface area contributed by atoms with Gasteiger partial charge in [-0.15, -0.1) is 0 Å². The molecule has 18 heavy (non-hydrogen) atoms. The normalized spacial score (nSPS) is 10.5. The molecule has 4 nitrogen and oxygen atoms in total.